The smallest absolute Gasteiger partial charge is 0.0439 e. The number of hydrazine groups is 1. The van der Waals surface area contributed by atoms with Crippen molar-refractivity contribution in [2.45, 2.75) is 18.9 Å². The molecule has 0 fully saturated rings. The highest BCUT2D eigenvalue weighted by atomic mass is 35.5. The monoisotopic (exact) mass is 300 g/mol. The average Bonchev–Trinajstić information content (AvgIpc) is 2.85. The van der Waals surface area contributed by atoms with E-state index in [2.05, 4.69) is 22.3 Å². The summed E-state index contributed by atoms with van der Waals surface area (Å²) in [4.78, 5) is 0. The summed E-state index contributed by atoms with van der Waals surface area (Å²) in [6.45, 7) is 0. The summed E-state index contributed by atoms with van der Waals surface area (Å²) in [6.07, 6.45) is 1.63. The summed E-state index contributed by atoms with van der Waals surface area (Å²) in [7, 11) is 0. The molecule has 2 rings (SSSR count). The molecule has 1 aromatic carbocycles. The predicted octanol–water partition coefficient (Wildman–Crippen LogP) is 3.67. The Hall–Kier alpha value is -0.580. The van der Waals surface area contributed by atoms with Crippen LogP contribution in [0.25, 0.3) is 0 Å². The Morgan fingerprint density at radius 1 is 1.22 bits per heavy atom. The lowest BCUT2D eigenvalue weighted by Crippen LogP contribution is -2.38. The average molecular weight is 301 g/mol. The van der Waals surface area contributed by atoms with Crippen LogP contribution < -0.4 is 11.3 Å². The predicted molar refractivity (Wildman–Crippen MR) is 79.3 cm³/mol. The van der Waals surface area contributed by atoms with Crippen molar-refractivity contribution >= 4 is 34.5 Å². The Balaban J connectivity index is 2.07. The molecule has 0 radical (unpaired) electrons. The number of nitrogens with one attached hydrogen (secondary N) is 1. The van der Waals surface area contributed by atoms with E-state index in [1.54, 1.807) is 17.4 Å². The number of hydrogen-bond acceptors (Lipinski definition) is 3. The summed E-state index contributed by atoms with van der Waals surface area (Å²) in [5, 5.41) is 5.62. The highest BCUT2D eigenvalue weighted by Gasteiger charge is 2.11. The van der Waals surface area contributed by atoms with E-state index in [9.17, 15) is 0 Å². The minimum absolute atomic E-state index is 0.149. The zero-order chi connectivity index (χ0) is 13.0. The van der Waals surface area contributed by atoms with E-state index in [4.69, 9.17) is 29.0 Å². The first-order chi connectivity index (χ1) is 8.69. The zero-order valence-electron chi connectivity index (χ0n) is 9.70. The van der Waals surface area contributed by atoms with Gasteiger partial charge in [-0.25, -0.2) is 0 Å². The lowest BCUT2D eigenvalue weighted by Gasteiger charge is -2.16. The van der Waals surface area contributed by atoms with Crippen LogP contribution in [0.3, 0.4) is 0 Å². The van der Waals surface area contributed by atoms with Crippen LogP contribution in [0.1, 0.15) is 11.1 Å². The molecule has 1 heterocycles. The lowest BCUT2D eigenvalue weighted by atomic mass is 10.0. The molecule has 1 unspecified atom stereocenters. The topological polar surface area (TPSA) is 38.0 Å². The second-order valence-electron chi connectivity index (χ2n) is 4.14. The van der Waals surface area contributed by atoms with E-state index >= 15 is 0 Å². The molecule has 2 aromatic rings. The van der Waals surface area contributed by atoms with Crippen LogP contribution in [0.15, 0.2) is 35.0 Å². The maximum Gasteiger partial charge on any atom is 0.0439 e. The van der Waals surface area contributed by atoms with Crippen LogP contribution in [-0.2, 0) is 12.8 Å². The normalized spacial score (nSPS) is 12.6. The number of benzene rings is 1. The first-order valence-electron chi connectivity index (χ1n) is 5.60. The Kier molecular flexibility index (Phi) is 5.03. The number of nitrogens with two attached hydrogens (primary N) is 1. The van der Waals surface area contributed by atoms with Crippen molar-refractivity contribution < 1.29 is 0 Å². The van der Waals surface area contributed by atoms with Gasteiger partial charge in [-0.15, -0.1) is 0 Å². The molecular formula is C13H14Cl2N2S. The molecule has 0 amide bonds. The summed E-state index contributed by atoms with van der Waals surface area (Å²) in [5.41, 5.74) is 5.13. The van der Waals surface area contributed by atoms with E-state index < -0.39 is 0 Å². The minimum atomic E-state index is 0.149. The van der Waals surface area contributed by atoms with E-state index in [1.807, 2.05) is 12.1 Å². The van der Waals surface area contributed by atoms with Gasteiger partial charge in [0.1, 0.15) is 0 Å². The fraction of sp³-hybridized carbons (Fsp3) is 0.231. The highest BCUT2D eigenvalue weighted by Crippen LogP contribution is 2.22. The molecule has 0 bridgehead atoms. The largest absolute Gasteiger partial charge is 0.271 e. The van der Waals surface area contributed by atoms with Gasteiger partial charge in [-0.05, 0) is 59.0 Å². The molecule has 0 aliphatic carbocycles. The van der Waals surface area contributed by atoms with Crippen LogP contribution in [0, 0.1) is 0 Å². The van der Waals surface area contributed by atoms with Crippen LogP contribution in [-0.4, -0.2) is 6.04 Å². The van der Waals surface area contributed by atoms with Gasteiger partial charge >= 0.3 is 0 Å². The number of hydrogen-bond donors (Lipinski definition) is 2. The quantitative estimate of drug-likeness (QED) is 0.653. The SMILES string of the molecule is NNC(Cc1ccsc1)Cc1cc(Cl)ccc1Cl. The van der Waals surface area contributed by atoms with Gasteiger partial charge in [0.15, 0.2) is 0 Å². The van der Waals surface area contributed by atoms with Crippen molar-refractivity contribution in [3.8, 4) is 0 Å². The van der Waals surface area contributed by atoms with Crippen molar-refractivity contribution in [1.82, 2.24) is 5.43 Å². The molecule has 0 saturated carbocycles. The molecule has 0 aliphatic rings. The van der Waals surface area contributed by atoms with Gasteiger partial charge in [0.2, 0.25) is 0 Å². The molecular weight excluding hydrogens is 287 g/mol. The number of halogens is 2. The number of thiophene rings is 1. The van der Waals surface area contributed by atoms with Gasteiger partial charge in [0, 0.05) is 16.1 Å². The molecule has 0 saturated heterocycles. The third-order valence-corrected chi connectivity index (χ3v) is 4.11. The van der Waals surface area contributed by atoms with E-state index in [1.165, 1.54) is 5.56 Å². The van der Waals surface area contributed by atoms with Crippen molar-refractivity contribution in [3.05, 3.63) is 56.2 Å². The van der Waals surface area contributed by atoms with Crippen molar-refractivity contribution in [3.63, 3.8) is 0 Å². The fourth-order valence-electron chi connectivity index (χ4n) is 1.85. The second-order valence-corrected chi connectivity index (χ2v) is 5.76. The van der Waals surface area contributed by atoms with E-state index in [-0.39, 0.29) is 6.04 Å². The van der Waals surface area contributed by atoms with Gasteiger partial charge in [-0.3, -0.25) is 11.3 Å². The van der Waals surface area contributed by atoms with Gasteiger partial charge in [0.25, 0.3) is 0 Å². The van der Waals surface area contributed by atoms with Crippen LogP contribution >= 0.6 is 34.5 Å². The van der Waals surface area contributed by atoms with Crippen molar-refractivity contribution in [1.29, 1.82) is 0 Å². The van der Waals surface area contributed by atoms with Crippen molar-refractivity contribution in [2.24, 2.45) is 5.84 Å². The van der Waals surface area contributed by atoms with Gasteiger partial charge in [-0.1, -0.05) is 23.2 Å². The van der Waals surface area contributed by atoms with Crippen LogP contribution in [0.4, 0.5) is 0 Å². The third-order valence-electron chi connectivity index (χ3n) is 2.77. The lowest BCUT2D eigenvalue weighted by molar-refractivity contribution is 0.523. The Morgan fingerprint density at radius 2 is 2.06 bits per heavy atom. The Labute approximate surface area is 121 Å². The first kappa shape index (κ1) is 13.8. The second kappa shape index (κ2) is 6.55. The summed E-state index contributed by atoms with van der Waals surface area (Å²) in [5.74, 6) is 5.60. The maximum absolute atomic E-state index is 6.15. The van der Waals surface area contributed by atoms with Gasteiger partial charge < -0.3 is 0 Å². The van der Waals surface area contributed by atoms with Crippen LogP contribution in [0.5, 0.6) is 0 Å². The molecule has 1 atom stereocenters. The van der Waals surface area contributed by atoms with Crippen LogP contribution in [0.2, 0.25) is 10.0 Å². The summed E-state index contributed by atoms with van der Waals surface area (Å²) < 4.78 is 0. The van der Waals surface area contributed by atoms with Crippen molar-refractivity contribution in [2.75, 3.05) is 0 Å². The Morgan fingerprint density at radius 3 is 2.72 bits per heavy atom. The molecule has 18 heavy (non-hydrogen) atoms. The standard InChI is InChI=1S/C13H14Cl2N2S/c14-11-1-2-13(15)10(6-11)7-12(17-16)5-9-3-4-18-8-9/h1-4,6,8,12,17H,5,7,16H2. The molecule has 3 N–H and O–H groups in total. The fourth-order valence-corrected chi connectivity index (χ4v) is 2.92. The molecule has 1 aromatic heterocycles. The molecule has 5 heteroatoms. The van der Waals surface area contributed by atoms with E-state index in [0.717, 1.165) is 23.4 Å². The summed E-state index contributed by atoms with van der Waals surface area (Å²) >= 11 is 13.8. The highest BCUT2D eigenvalue weighted by molar-refractivity contribution is 7.07. The molecule has 0 spiro atoms. The molecule has 96 valence electrons. The third kappa shape index (κ3) is 3.70. The maximum atomic E-state index is 6.15. The van der Waals surface area contributed by atoms with E-state index in [0.29, 0.717) is 5.02 Å². The summed E-state index contributed by atoms with van der Waals surface area (Å²) in [6, 6.07) is 7.75. The first-order valence-corrected chi connectivity index (χ1v) is 7.30. The number of rotatable bonds is 5. The van der Waals surface area contributed by atoms with Gasteiger partial charge in [0.05, 0.1) is 0 Å². The molecule has 2 nitrogen and oxygen atoms in total. The van der Waals surface area contributed by atoms with Gasteiger partial charge in [-0.2, -0.15) is 11.3 Å². The molecule has 0 aliphatic heterocycles. The Bertz CT molecular complexity index is 500. The zero-order valence-corrected chi connectivity index (χ0v) is 12.0. The minimum Gasteiger partial charge on any atom is -0.271 e.